The highest BCUT2D eigenvalue weighted by atomic mass is 19.1. The van der Waals surface area contributed by atoms with Gasteiger partial charge in [-0.2, -0.15) is 0 Å². The first-order valence-electron chi connectivity index (χ1n) is 7.11. The van der Waals surface area contributed by atoms with E-state index in [2.05, 4.69) is 5.32 Å². The molecular formula is C15H19F2NO3. The highest BCUT2D eigenvalue weighted by Gasteiger charge is 2.18. The Morgan fingerprint density at radius 3 is 2.43 bits per heavy atom. The summed E-state index contributed by atoms with van der Waals surface area (Å²) in [6, 6.07) is 2.09. The van der Waals surface area contributed by atoms with Crippen LogP contribution in [0.4, 0.5) is 8.78 Å². The van der Waals surface area contributed by atoms with Crippen LogP contribution in [0.2, 0.25) is 0 Å². The summed E-state index contributed by atoms with van der Waals surface area (Å²) in [5, 5.41) is 11.6. The molecule has 0 radical (unpaired) electrons. The Morgan fingerprint density at radius 2 is 1.86 bits per heavy atom. The van der Waals surface area contributed by atoms with Gasteiger partial charge in [0.05, 0.1) is 6.61 Å². The zero-order chi connectivity index (χ0) is 15.2. The molecule has 1 aromatic rings. The summed E-state index contributed by atoms with van der Waals surface area (Å²) in [7, 11) is 0. The fraction of sp³-hybridized carbons (Fsp3) is 0.533. The SMILES string of the molecule is O=C(COc1c(F)cc(CO)cc1F)NC1CCCCC1. The molecule has 1 aromatic carbocycles. The van der Waals surface area contributed by atoms with Crippen LogP contribution < -0.4 is 10.1 Å². The zero-order valence-corrected chi connectivity index (χ0v) is 11.7. The third kappa shape index (κ3) is 4.39. The second kappa shape index (κ2) is 7.36. The average Bonchev–Trinajstić information content (AvgIpc) is 2.47. The third-order valence-electron chi connectivity index (χ3n) is 3.56. The van der Waals surface area contributed by atoms with E-state index in [0.29, 0.717) is 0 Å². The van der Waals surface area contributed by atoms with Crippen LogP contribution >= 0.6 is 0 Å². The van der Waals surface area contributed by atoms with Gasteiger partial charge in [-0.25, -0.2) is 8.78 Å². The van der Waals surface area contributed by atoms with Gasteiger partial charge in [-0.05, 0) is 30.5 Å². The molecular weight excluding hydrogens is 280 g/mol. The predicted octanol–water partition coefficient (Wildman–Crippen LogP) is 2.28. The zero-order valence-electron chi connectivity index (χ0n) is 11.7. The second-order valence-corrected chi connectivity index (χ2v) is 5.24. The molecule has 21 heavy (non-hydrogen) atoms. The largest absolute Gasteiger partial charge is 0.478 e. The van der Waals surface area contributed by atoms with E-state index in [4.69, 9.17) is 9.84 Å². The van der Waals surface area contributed by atoms with Crippen molar-refractivity contribution in [1.82, 2.24) is 5.32 Å². The number of hydrogen-bond acceptors (Lipinski definition) is 3. The number of aliphatic hydroxyl groups is 1. The summed E-state index contributed by atoms with van der Waals surface area (Å²) in [5.41, 5.74) is 0.115. The Labute approximate surface area is 122 Å². The fourth-order valence-electron chi connectivity index (χ4n) is 2.50. The Kier molecular flexibility index (Phi) is 5.50. The topological polar surface area (TPSA) is 58.6 Å². The number of halogens is 2. The van der Waals surface area contributed by atoms with Crippen molar-refractivity contribution in [3.63, 3.8) is 0 Å². The third-order valence-corrected chi connectivity index (χ3v) is 3.56. The number of amides is 1. The molecule has 1 aliphatic carbocycles. The Morgan fingerprint density at radius 1 is 1.24 bits per heavy atom. The summed E-state index contributed by atoms with van der Waals surface area (Å²) >= 11 is 0. The highest BCUT2D eigenvalue weighted by molar-refractivity contribution is 5.77. The van der Waals surface area contributed by atoms with E-state index in [-0.39, 0.29) is 17.5 Å². The summed E-state index contributed by atoms with van der Waals surface area (Å²) in [6.07, 6.45) is 5.20. The average molecular weight is 299 g/mol. The van der Waals surface area contributed by atoms with E-state index in [1.807, 2.05) is 0 Å². The minimum absolute atomic E-state index is 0.115. The smallest absolute Gasteiger partial charge is 0.258 e. The minimum atomic E-state index is -0.926. The number of nitrogens with one attached hydrogen (secondary N) is 1. The number of ether oxygens (including phenoxy) is 1. The molecule has 0 aromatic heterocycles. The maximum atomic E-state index is 13.6. The van der Waals surface area contributed by atoms with Crippen LogP contribution in [0.3, 0.4) is 0 Å². The van der Waals surface area contributed by atoms with E-state index in [1.54, 1.807) is 0 Å². The molecule has 0 spiro atoms. The van der Waals surface area contributed by atoms with Crippen molar-refractivity contribution in [3.8, 4) is 5.75 Å². The lowest BCUT2D eigenvalue weighted by Gasteiger charge is -2.22. The van der Waals surface area contributed by atoms with Crippen molar-refractivity contribution in [2.24, 2.45) is 0 Å². The number of carbonyl (C=O) groups excluding carboxylic acids is 1. The van der Waals surface area contributed by atoms with Gasteiger partial charge < -0.3 is 15.2 Å². The van der Waals surface area contributed by atoms with Gasteiger partial charge in [0.25, 0.3) is 5.91 Å². The fourth-order valence-corrected chi connectivity index (χ4v) is 2.50. The predicted molar refractivity (Wildman–Crippen MR) is 72.8 cm³/mol. The first-order valence-corrected chi connectivity index (χ1v) is 7.11. The van der Waals surface area contributed by atoms with Crippen molar-refractivity contribution >= 4 is 5.91 Å². The van der Waals surface area contributed by atoms with Crippen molar-refractivity contribution in [2.75, 3.05) is 6.61 Å². The molecule has 116 valence electrons. The molecule has 6 heteroatoms. The minimum Gasteiger partial charge on any atom is -0.478 e. The Bertz CT molecular complexity index is 479. The van der Waals surface area contributed by atoms with Crippen LogP contribution in [0.25, 0.3) is 0 Å². The summed E-state index contributed by atoms with van der Waals surface area (Å²) < 4.78 is 32.1. The highest BCUT2D eigenvalue weighted by Crippen LogP contribution is 2.23. The first-order chi connectivity index (χ1) is 10.1. The van der Waals surface area contributed by atoms with Crippen molar-refractivity contribution in [1.29, 1.82) is 0 Å². The van der Waals surface area contributed by atoms with E-state index in [1.165, 1.54) is 6.42 Å². The van der Waals surface area contributed by atoms with Gasteiger partial charge >= 0.3 is 0 Å². The van der Waals surface area contributed by atoms with Crippen LogP contribution in [-0.4, -0.2) is 23.7 Å². The molecule has 2 N–H and O–H groups in total. The Balaban J connectivity index is 1.88. The van der Waals surface area contributed by atoms with Crippen molar-refractivity contribution < 1.29 is 23.4 Å². The lowest BCUT2D eigenvalue weighted by Crippen LogP contribution is -2.39. The maximum absolute atomic E-state index is 13.6. The van der Waals surface area contributed by atoms with Crippen molar-refractivity contribution in [3.05, 3.63) is 29.3 Å². The molecule has 4 nitrogen and oxygen atoms in total. The molecule has 0 saturated heterocycles. The summed E-state index contributed by atoms with van der Waals surface area (Å²) in [4.78, 5) is 11.7. The Hall–Kier alpha value is -1.69. The van der Waals surface area contributed by atoms with Gasteiger partial charge in [-0.1, -0.05) is 19.3 Å². The molecule has 1 amide bonds. The van der Waals surface area contributed by atoms with Crippen LogP contribution in [0.1, 0.15) is 37.7 Å². The number of benzene rings is 1. The monoisotopic (exact) mass is 299 g/mol. The van der Waals surface area contributed by atoms with Crippen LogP contribution in [-0.2, 0) is 11.4 Å². The molecule has 0 atom stereocenters. The molecule has 0 bridgehead atoms. The molecule has 1 fully saturated rings. The maximum Gasteiger partial charge on any atom is 0.258 e. The van der Waals surface area contributed by atoms with Gasteiger partial charge in [-0.3, -0.25) is 4.79 Å². The van der Waals surface area contributed by atoms with Crippen molar-refractivity contribution in [2.45, 2.75) is 44.8 Å². The summed E-state index contributed by atoms with van der Waals surface area (Å²) in [6.45, 7) is -0.890. The van der Waals surface area contributed by atoms with Crippen LogP contribution in [0, 0.1) is 11.6 Å². The van der Waals surface area contributed by atoms with Gasteiger partial charge in [-0.15, -0.1) is 0 Å². The second-order valence-electron chi connectivity index (χ2n) is 5.24. The van der Waals surface area contributed by atoms with Crippen LogP contribution in [0.5, 0.6) is 5.75 Å². The van der Waals surface area contributed by atoms with E-state index < -0.39 is 30.6 Å². The van der Waals surface area contributed by atoms with Gasteiger partial charge in [0.2, 0.25) is 0 Å². The van der Waals surface area contributed by atoms with Gasteiger partial charge in [0, 0.05) is 6.04 Å². The normalized spacial score (nSPS) is 15.8. The lowest BCUT2D eigenvalue weighted by atomic mass is 9.95. The van der Waals surface area contributed by atoms with E-state index in [9.17, 15) is 13.6 Å². The molecule has 0 aliphatic heterocycles. The quantitative estimate of drug-likeness (QED) is 0.877. The first kappa shape index (κ1) is 15.7. The molecule has 0 heterocycles. The molecule has 1 saturated carbocycles. The number of carbonyl (C=O) groups is 1. The van der Waals surface area contributed by atoms with E-state index in [0.717, 1.165) is 37.8 Å². The number of aliphatic hydroxyl groups excluding tert-OH is 1. The van der Waals surface area contributed by atoms with Gasteiger partial charge in [0.15, 0.2) is 24.0 Å². The standard InChI is InChI=1S/C15H19F2NO3/c16-12-6-10(8-19)7-13(17)15(12)21-9-14(20)18-11-4-2-1-3-5-11/h6-7,11,19H,1-5,8-9H2,(H,18,20). The molecule has 1 aliphatic rings. The summed E-state index contributed by atoms with van der Waals surface area (Å²) in [5.74, 6) is -2.83. The number of hydrogen-bond donors (Lipinski definition) is 2. The lowest BCUT2D eigenvalue weighted by molar-refractivity contribution is -0.124. The van der Waals surface area contributed by atoms with E-state index >= 15 is 0 Å². The van der Waals surface area contributed by atoms with Gasteiger partial charge in [0.1, 0.15) is 0 Å². The number of rotatable bonds is 5. The molecule has 2 rings (SSSR count). The molecule has 0 unspecified atom stereocenters. The van der Waals surface area contributed by atoms with Crippen LogP contribution in [0.15, 0.2) is 12.1 Å².